The fraction of sp³-hybridized carbons (Fsp3) is 0.529. The second kappa shape index (κ2) is 8.51. The molecule has 1 aromatic carbocycles. The Hall–Kier alpha value is -1.91. The fourth-order valence-electron chi connectivity index (χ4n) is 2.44. The molecule has 1 N–H and O–H groups in total. The van der Waals surface area contributed by atoms with Crippen molar-refractivity contribution < 1.29 is 14.0 Å². The molecule has 1 aromatic rings. The van der Waals surface area contributed by atoms with E-state index in [1.807, 2.05) is 27.7 Å². The average Bonchev–Trinajstić information content (AvgIpc) is 2.44. The maximum atomic E-state index is 13.4. The highest BCUT2D eigenvalue weighted by atomic mass is 19.1. The predicted molar refractivity (Wildman–Crippen MR) is 84.8 cm³/mol. The maximum Gasteiger partial charge on any atom is 0.312 e. The van der Waals surface area contributed by atoms with Crippen LogP contribution in [0.25, 0.3) is 0 Å². The van der Waals surface area contributed by atoms with Crippen LogP contribution in [0.2, 0.25) is 0 Å². The molecular weight excluding hydrogens is 283 g/mol. The van der Waals surface area contributed by atoms with Gasteiger partial charge in [-0.1, -0.05) is 18.2 Å². The van der Waals surface area contributed by atoms with Gasteiger partial charge >= 0.3 is 11.8 Å². The minimum Gasteiger partial charge on any atom is -0.348 e. The van der Waals surface area contributed by atoms with E-state index in [0.29, 0.717) is 24.9 Å². The molecular formula is C17H25FN2O2. The monoisotopic (exact) mass is 308 g/mol. The van der Waals surface area contributed by atoms with Crippen LogP contribution in [0, 0.1) is 5.82 Å². The van der Waals surface area contributed by atoms with E-state index >= 15 is 0 Å². The van der Waals surface area contributed by atoms with Crippen molar-refractivity contribution in [2.75, 3.05) is 6.54 Å². The summed E-state index contributed by atoms with van der Waals surface area (Å²) in [4.78, 5) is 25.5. The molecule has 0 saturated heterocycles. The second-order valence-electron chi connectivity index (χ2n) is 5.85. The summed E-state index contributed by atoms with van der Waals surface area (Å²) < 4.78 is 13.4. The number of hydrogen-bond acceptors (Lipinski definition) is 2. The number of nitrogens with zero attached hydrogens (tertiary/aromatic N) is 1. The molecule has 22 heavy (non-hydrogen) atoms. The van der Waals surface area contributed by atoms with Gasteiger partial charge < -0.3 is 10.2 Å². The van der Waals surface area contributed by atoms with Crippen LogP contribution in [0.15, 0.2) is 24.3 Å². The Morgan fingerprint density at radius 2 is 1.73 bits per heavy atom. The molecule has 5 heteroatoms. The van der Waals surface area contributed by atoms with Gasteiger partial charge in [-0.3, -0.25) is 9.59 Å². The number of carbonyl (C=O) groups is 2. The van der Waals surface area contributed by atoms with E-state index in [0.717, 1.165) is 0 Å². The molecule has 0 radical (unpaired) electrons. The topological polar surface area (TPSA) is 49.4 Å². The van der Waals surface area contributed by atoms with Crippen molar-refractivity contribution in [3.63, 3.8) is 0 Å². The highest BCUT2D eigenvalue weighted by Gasteiger charge is 2.25. The highest BCUT2D eigenvalue weighted by molar-refractivity contribution is 6.35. The van der Waals surface area contributed by atoms with Gasteiger partial charge in [-0.2, -0.15) is 0 Å². The molecule has 1 rings (SSSR count). The van der Waals surface area contributed by atoms with E-state index in [2.05, 4.69) is 5.32 Å². The smallest absolute Gasteiger partial charge is 0.312 e. The van der Waals surface area contributed by atoms with E-state index < -0.39 is 11.8 Å². The molecule has 0 aromatic heterocycles. The van der Waals surface area contributed by atoms with Crippen LogP contribution >= 0.6 is 0 Å². The summed E-state index contributed by atoms with van der Waals surface area (Å²) in [7, 11) is 0. The van der Waals surface area contributed by atoms with E-state index in [4.69, 9.17) is 0 Å². The lowest BCUT2D eigenvalue weighted by atomic mass is 10.1. The summed E-state index contributed by atoms with van der Waals surface area (Å²) in [6, 6.07) is 6.51. The van der Waals surface area contributed by atoms with Crippen molar-refractivity contribution in [1.29, 1.82) is 0 Å². The van der Waals surface area contributed by atoms with Crippen molar-refractivity contribution in [3.8, 4) is 0 Å². The van der Waals surface area contributed by atoms with Crippen LogP contribution in [0.1, 0.15) is 39.7 Å². The highest BCUT2D eigenvalue weighted by Crippen LogP contribution is 2.08. The van der Waals surface area contributed by atoms with Gasteiger partial charge in [-0.15, -0.1) is 0 Å². The first-order chi connectivity index (χ1) is 10.3. The number of carbonyl (C=O) groups excluding carboxylic acids is 2. The minimum absolute atomic E-state index is 0.0309. The van der Waals surface area contributed by atoms with Crippen LogP contribution in [0.4, 0.5) is 4.39 Å². The zero-order chi connectivity index (χ0) is 16.7. The van der Waals surface area contributed by atoms with Crippen molar-refractivity contribution in [2.24, 2.45) is 0 Å². The fourth-order valence-corrected chi connectivity index (χ4v) is 2.44. The molecule has 0 atom stereocenters. The number of rotatable bonds is 6. The lowest BCUT2D eigenvalue weighted by molar-refractivity contribution is -0.148. The SMILES string of the molecule is CC(C)N(C(=O)C(=O)NCCCc1ccccc1F)C(C)C. The molecule has 0 saturated carbocycles. The normalized spacial score (nSPS) is 10.9. The summed E-state index contributed by atoms with van der Waals surface area (Å²) in [6.45, 7) is 7.86. The molecule has 0 spiro atoms. The van der Waals surface area contributed by atoms with E-state index in [9.17, 15) is 14.0 Å². The summed E-state index contributed by atoms with van der Waals surface area (Å²) >= 11 is 0. The van der Waals surface area contributed by atoms with E-state index in [-0.39, 0.29) is 17.9 Å². The van der Waals surface area contributed by atoms with Gasteiger partial charge in [0.15, 0.2) is 0 Å². The predicted octanol–water partition coefficient (Wildman–Crippen LogP) is 2.52. The Kier molecular flexibility index (Phi) is 7.02. The maximum absolute atomic E-state index is 13.4. The third-order valence-electron chi connectivity index (χ3n) is 3.41. The first kappa shape index (κ1) is 18.1. The third-order valence-corrected chi connectivity index (χ3v) is 3.41. The van der Waals surface area contributed by atoms with Crippen LogP contribution in [-0.2, 0) is 16.0 Å². The van der Waals surface area contributed by atoms with Crippen LogP contribution < -0.4 is 5.32 Å². The molecule has 0 aliphatic heterocycles. The largest absolute Gasteiger partial charge is 0.348 e. The first-order valence-corrected chi connectivity index (χ1v) is 7.68. The lowest BCUT2D eigenvalue weighted by Gasteiger charge is -2.29. The van der Waals surface area contributed by atoms with E-state index in [1.54, 1.807) is 23.1 Å². The molecule has 0 fully saturated rings. The quantitative estimate of drug-likeness (QED) is 0.648. The van der Waals surface area contributed by atoms with Gasteiger partial charge in [0.1, 0.15) is 5.82 Å². The van der Waals surface area contributed by atoms with Crippen LogP contribution in [0.5, 0.6) is 0 Å². The standard InChI is InChI=1S/C17H25FN2O2/c1-12(2)20(13(3)4)17(22)16(21)19-11-7-9-14-8-5-6-10-15(14)18/h5-6,8,10,12-13H,7,9,11H2,1-4H3,(H,19,21). The number of nitrogens with one attached hydrogen (secondary N) is 1. The molecule has 0 unspecified atom stereocenters. The van der Waals surface area contributed by atoms with Gasteiger partial charge in [0.25, 0.3) is 0 Å². The van der Waals surface area contributed by atoms with Gasteiger partial charge in [0.05, 0.1) is 0 Å². The Balaban J connectivity index is 2.43. The summed E-state index contributed by atoms with van der Waals surface area (Å²) in [5.41, 5.74) is 0.620. The average molecular weight is 308 g/mol. The Morgan fingerprint density at radius 1 is 1.14 bits per heavy atom. The number of hydrogen-bond donors (Lipinski definition) is 1. The second-order valence-corrected chi connectivity index (χ2v) is 5.85. The Labute approximate surface area is 131 Å². The lowest BCUT2D eigenvalue weighted by Crippen LogP contribution is -2.49. The number of aryl methyl sites for hydroxylation is 1. The summed E-state index contributed by atoms with van der Waals surface area (Å²) in [5, 5.41) is 2.61. The van der Waals surface area contributed by atoms with Gasteiger partial charge in [-0.25, -0.2) is 4.39 Å². The van der Waals surface area contributed by atoms with Crippen LogP contribution in [-0.4, -0.2) is 35.3 Å². The van der Waals surface area contributed by atoms with Crippen molar-refractivity contribution in [2.45, 2.75) is 52.6 Å². The summed E-state index contributed by atoms with van der Waals surface area (Å²) in [6.07, 6.45) is 1.11. The Bertz CT molecular complexity index is 507. The van der Waals surface area contributed by atoms with Gasteiger partial charge in [0.2, 0.25) is 0 Å². The molecule has 0 heterocycles. The van der Waals surface area contributed by atoms with Crippen molar-refractivity contribution in [1.82, 2.24) is 10.2 Å². The molecule has 2 amide bonds. The summed E-state index contributed by atoms with van der Waals surface area (Å²) in [5.74, 6) is -1.36. The Morgan fingerprint density at radius 3 is 2.27 bits per heavy atom. The number of halogens is 1. The number of amides is 2. The molecule has 4 nitrogen and oxygen atoms in total. The van der Waals surface area contributed by atoms with Crippen molar-refractivity contribution in [3.05, 3.63) is 35.6 Å². The van der Waals surface area contributed by atoms with Crippen molar-refractivity contribution >= 4 is 11.8 Å². The van der Waals surface area contributed by atoms with Gasteiger partial charge in [0, 0.05) is 18.6 Å². The molecule has 122 valence electrons. The molecule has 0 aliphatic carbocycles. The van der Waals surface area contributed by atoms with E-state index in [1.165, 1.54) is 6.07 Å². The number of benzene rings is 1. The molecule has 0 aliphatic rings. The third kappa shape index (κ3) is 5.13. The van der Waals surface area contributed by atoms with Gasteiger partial charge in [-0.05, 0) is 52.2 Å². The first-order valence-electron chi connectivity index (χ1n) is 7.68. The minimum atomic E-state index is -0.601. The zero-order valence-electron chi connectivity index (χ0n) is 13.7. The van der Waals surface area contributed by atoms with Crippen LogP contribution in [0.3, 0.4) is 0 Å². The molecule has 0 bridgehead atoms. The zero-order valence-corrected chi connectivity index (χ0v) is 13.7.